The molecule has 126 valence electrons. The van der Waals surface area contributed by atoms with Crippen molar-refractivity contribution in [2.75, 3.05) is 5.32 Å². The molecule has 0 radical (unpaired) electrons. The van der Waals surface area contributed by atoms with Crippen molar-refractivity contribution in [3.63, 3.8) is 0 Å². The van der Waals surface area contributed by atoms with Gasteiger partial charge in [0.1, 0.15) is 0 Å². The molecule has 1 aromatic carbocycles. The fraction of sp³-hybridized carbons (Fsp3) is 0.278. The molecule has 0 atom stereocenters. The lowest BCUT2D eigenvalue weighted by Gasteiger charge is -2.05. The van der Waals surface area contributed by atoms with Crippen LogP contribution in [0.2, 0.25) is 0 Å². The maximum absolute atomic E-state index is 12.0. The maximum Gasteiger partial charge on any atom is 0.271 e. The zero-order chi connectivity index (χ0) is 17.4. The van der Waals surface area contributed by atoms with Gasteiger partial charge in [-0.1, -0.05) is 13.3 Å². The number of hydrogen-bond acceptors (Lipinski definition) is 4. The number of hydrogen-bond donors (Lipinski definition) is 2. The number of benzene rings is 1. The van der Waals surface area contributed by atoms with E-state index in [1.807, 2.05) is 26.0 Å². The minimum absolute atomic E-state index is 0.00936. The largest absolute Gasteiger partial charge is 0.326 e. The minimum Gasteiger partial charge on any atom is -0.326 e. The highest BCUT2D eigenvalue weighted by Crippen LogP contribution is 2.13. The van der Waals surface area contributed by atoms with Crippen LogP contribution >= 0.6 is 11.3 Å². The van der Waals surface area contributed by atoms with Crippen LogP contribution in [-0.2, 0) is 4.79 Å². The Morgan fingerprint density at radius 1 is 1.17 bits per heavy atom. The van der Waals surface area contributed by atoms with E-state index in [2.05, 4.69) is 15.8 Å². The summed E-state index contributed by atoms with van der Waals surface area (Å²) in [5, 5.41) is 6.76. The molecule has 1 aromatic heterocycles. The van der Waals surface area contributed by atoms with E-state index >= 15 is 0 Å². The highest BCUT2D eigenvalue weighted by Gasteiger charge is 2.06. The van der Waals surface area contributed by atoms with Crippen molar-refractivity contribution in [3.8, 4) is 0 Å². The first kappa shape index (κ1) is 17.9. The van der Waals surface area contributed by atoms with Gasteiger partial charge in [-0.25, -0.2) is 5.43 Å². The van der Waals surface area contributed by atoms with Gasteiger partial charge in [0.15, 0.2) is 0 Å². The van der Waals surface area contributed by atoms with Gasteiger partial charge in [0.2, 0.25) is 5.91 Å². The molecule has 2 N–H and O–H groups in total. The maximum atomic E-state index is 12.0. The smallest absolute Gasteiger partial charge is 0.271 e. The first-order valence-corrected chi connectivity index (χ1v) is 8.70. The highest BCUT2D eigenvalue weighted by molar-refractivity contribution is 7.13. The summed E-state index contributed by atoms with van der Waals surface area (Å²) >= 11 is 1.61. The molecule has 2 rings (SSSR count). The third kappa shape index (κ3) is 5.62. The van der Waals surface area contributed by atoms with Crippen molar-refractivity contribution in [2.24, 2.45) is 5.10 Å². The third-order valence-electron chi connectivity index (χ3n) is 3.31. The van der Waals surface area contributed by atoms with Crippen LogP contribution in [0.15, 0.2) is 41.5 Å². The number of nitrogens with zero attached hydrogens (tertiary/aromatic N) is 1. The third-order valence-corrected chi connectivity index (χ3v) is 4.24. The van der Waals surface area contributed by atoms with Crippen LogP contribution in [-0.4, -0.2) is 18.0 Å². The van der Waals surface area contributed by atoms with Crippen molar-refractivity contribution in [1.29, 1.82) is 0 Å². The summed E-state index contributed by atoms with van der Waals surface area (Å²) < 4.78 is 0. The lowest BCUT2D eigenvalue weighted by molar-refractivity contribution is -0.116. The van der Waals surface area contributed by atoms with Crippen molar-refractivity contribution in [2.45, 2.75) is 33.1 Å². The van der Waals surface area contributed by atoms with Gasteiger partial charge in [-0.2, -0.15) is 5.10 Å². The summed E-state index contributed by atoms with van der Waals surface area (Å²) in [7, 11) is 0. The van der Waals surface area contributed by atoms with Crippen LogP contribution in [0.5, 0.6) is 0 Å². The molecule has 0 bridgehead atoms. The standard InChI is InChI=1S/C18H21N3O2S/c1-3-4-5-17(22)20-15-9-7-14(8-10-15)18(23)21-19-12-16-11-6-13(2)24-16/h6-12H,3-5H2,1-2H3,(H,20,22)(H,21,23). The summed E-state index contributed by atoms with van der Waals surface area (Å²) in [6.07, 6.45) is 3.99. The van der Waals surface area contributed by atoms with Gasteiger partial charge >= 0.3 is 0 Å². The predicted octanol–water partition coefficient (Wildman–Crippen LogP) is 3.95. The topological polar surface area (TPSA) is 70.6 Å². The predicted molar refractivity (Wildman–Crippen MR) is 98.7 cm³/mol. The second-order valence-corrected chi connectivity index (χ2v) is 6.70. The Bertz CT molecular complexity index is 720. The summed E-state index contributed by atoms with van der Waals surface area (Å²) in [4.78, 5) is 25.8. The molecule has 0 aliphatic heterocycles. The van der Waals surface area contributed by atoms with Crippen molar-refractivity contribution in [3.05, 3.63) is 51.7 Å². The van der Waals surface area contributed by atoms with E-state index in [1.165, 1.54) is 4.88 Å². The second-order valence-electron chi connectivity index (χ2n) is 5.38. The van der Waals surface area contributed by atoms with Crippen LogP contribution in [0.1, 0.15) is 46.3 Å². The molecule has 0 unspecified atom stereocenters. The molecule has 5 nitrogen and oxygen atoms in total. The van der Waals surface area contributed by atoms with E-state index in [0.717, 1.165) is 17.7 Å². The number of aryl methyl sites for hydroxylation is 1. The van der Waals surface area contributed by atoms with Crippen LogP contribution in [0.25, 0.3) is 0 Å². The Morgan fingerprint density at radius 3 is 2.54 bits per heavy atom. The fourth-order valence-electron chi connectivity index (χ4n) is 2.01. The molecule has 6 heteroatoms. The molecule has 0 saturated heterocycles. The Balaban J connectivity index is 1.86. The molecule has 0 aliphatic rings. The number of hydrazone groups is 1. The summed E-state index contributed by atoms with van der Waals surface area (Å²) in [6.45, 7) is 4.06. The lowest BCUT2D eigenvalue weighted by Crippen LogP contribution is -2.17. The number of rotatable bonds is 7. The Labute approximate surface area is 145 Å². The van der Waals surface area contributed by atoms with Gasteiger partial charge in [0.25, 0.3) is 5.91 Å². The number of thiophene rings is 1. The molecule has 2 aromatic rings. The van der Waals surface area contributed by atoms with E-state index in [1.54, 1.807) is 41.8 Å². The summed E-state index contributed by atoms with van der Waals surface area (Å²) in [6, 6.07) is 10.7. The Hall–Kier alpha value is -2.47. The average molecular weight is 343 g/mol. The number of anilines is 1. The number of carbonyl (C=O) groups is 2. The molecule has 2 amide bonds. The molecular formula is C18H21N3O2S. The summed E-state index contributed by atoms with van der Waals surface area (Å²) in [5.41, 5.74) is 3.67. The van der Waals surface area contributed by atoms with E-state index in [4.69, 9.17) is 0 Å². The van der Waals surface area contributed by atoms with Crippen molar-refractivity contribution >= 4 is 35.1 Å². The lowest BCUT2D eigenvalue weighted by atomic mass is 10.2. The van der Waals surface area contributed by atoms with Crippen molar-refractivity contribution < 1.29 is 9.59 Å². The molecule has 0 aliphatic carbocycles. The van der Waals surface area contributed by atoms with Crippen LogP contribution in [0, 0.1) is 6.92 Å². The molecular weight excluding hydrogens is 322 g/mol. The summed E-state index contributed by atoms with van der Waals surface area (Å²) in [5.74, 6) is -0.298. The van der Waals surface area contributed by atoms with Gasteiger partial charge in [-0.05, 0) is 49.7 Å². The number of carbonyl (C=O) groups excluding carboxylic acids is 2. The van der Waals surface area contributed by atoms with E-state index < -0.39 is 0 Å². The molecule has 0 fully saturated rings. The van der Waals surface area contributed by atoms with Crippen LogP contribution < -0.4 is 10.7 Å². The normalized spacial score (nSPS) is 10.8. The first-order valence-electron chi connectivity index (χ1n) is 7.88. The monoisotopic (exact) mass is 343 g/mol. The molecule has 24 heavy (non-hydrogen) atoms. The second kappa shape index (κ2) is 8.98. The average Bonchev–Trinajstić information content (AvgIpc) is 2.99. The first-order chi connectivity index (χ1) is 11.6. The van der Waals surface area contributed by atoms with E-state index in [-0.39, 0.29) is 11.8 Å². The van der Waals surface area contributed by atoms with Gasteiger partial charge in [-0.15, -0.1) is 11.3 Å². The van der Waals surface area contributed by atoms with Crippen molar-refractivity contribution in [1.82, 2.24) is 5.43 Å². The molecule has 0 saturated carbocycles. The van der Waals surface area contributed by atoms with Crippen LogP contribution in [0.4, 0.5) is 5.69 Å². The van der Waals surface area contributed by atoms with Gasteiger partial charge in [0.05, 0.1) is 6.21 Å². The van der Waals surface area contributed by atoms with Gasteiger partial charge in [0, 0.05) is 27.4 Å². The molecule has 1 heterocycles. The highest BCUT2D eigenvalue weighted by atomic mass is 32.1. The van der Waals surface area contributed by atoms with Gasteiger partial charge in [-0.3, -0.25) is 9.59 Å². The van der Waals surface area contributed by atoms with Crippen LogP contribution in [0.3, 0.4) is 0 Å². The fourth-order valence-corrected chi connectivity index (χ4v) is 2.76. The Kier molecular flexibility index (Phi) is 6.69. The zero-order valence-corrected chi connectivity index (χ0v) is 14.7. The quantitative estimate of drug-likeness (QED) is 0.590. The SMILES string of the molecule is CCCCC(=O)Nc1ccc(C(=O)NN=Cc2ccc(C)s2)cc1. The Morgan fingerprint density at radius 2 is 1.92 bits per heavy atom. The molecule has 0 spiro atoms. The number of unbranched alkanes of at least 4 members (excludes halogenated alkanes) is 1. The van der Waals surface area contributed by atoms with E-state index in [0.29, 0.717) is 17.7 Å². The number of amides is 2. The van der Waals surface area contributed by atoms with Gasteiger partial charge < -0.3 is 5.32 Å². The number of nitrogens with one attached hydrogen (secondary N) is 2. The van der Waals surface area contributed by atoms with E-state index in [9.17, 15) is 9.59 Å². The minimum atomic E-state index is -0.289. The zero-order valence-electron chi connectivity index (χ0n) is 13.8.